The topological polar surface area (TPSA) is 0 Å². The summed E-state index contributed by atoms with van der Waals surface area (Å²) in [5.41, 5.74) is 16.0. The first-order valence-electron chi connectivity index (χ1n) is 12.4. The number of benzene rings is 4. The van der Waals surface area contributed by atoms with Crippen LogP contribution in [0.25, 0.3) is 33.4 Å². The molecular weight excluding hydrogens is 599 g/mol. The maximum Gasteiger partial charge on any atom is -0.0195 e. The molecule has 0 aromatic heterocycles. The zero-order chi connectivity index (χ0) is 25.7. The van der Waals surface area contributed by atoms with Crippen molar-refractivity contribution in [3.8, 4) is 33.4 Å². The van der Waals surface area contributed by atoms with Crippen LogP contribution in [0.1, 0.15) is 33.4 Å². The smallest absolute Gasteiger partial charge is 0.0195 e. The minimum atomic E-state index is 0. The number of halogens is 2. The van der Waals surface area contributed by atoms with Gasteiger partial charge in [0.2, 0.25) is 0 Å². The van der Waals surface area contributed by atoms with Gasteiger partial charge >= 0.3 is 30.2 Å². The molecule has 38 heavy (non-hydrogen) atoms. The van der Waals surface area contributed by atoms with E-state index >= 15 is 0 Å². The van der Waals surface area contributed by atoms with E-state index in [4.69, 9.17) is 0 Å². The molecule has 1 aliphatic rings. The monoisotopic (exact) mass is 628 g/mol. The zero-order valence-corrected chi connectivity index (χ0v) is 27.8. The molecule has 0 saturated carbocycles. The number of hydrogen-bond donors (Lipinski definition) is 0. The molecule has 192 valence electrons. The Morgan fingerprint density at radius 2 is 1.13 bits per heavy atom. The maximum absolute atomic E-state index is 3.76. The Labute approximate surface area is 257 Å². The molecule has 0 heterocycles. The Bertz CT molecular complexity index is 1450. The molecule has 1 aliphatic carbocycles. The molecule has 0 N–H and O–H groups in total. The Hall–Kier alpha value is -2.09. The Kier molecular flexibility index (Phi) is 12.6. The van der Waals surface area contributed by atoms with Crippen molar-refractivity contribution in [2.45, 2.75) is 34.1 Å². The molecule has 0 nitrogen and oxygen atoms in total. The fraction of sp³-hybridized carbons (Fsp3) is 0.147. The third-order valence-electron chi connectivity index (χ3n) is 7.16. The molecule has 5 aromatic rings. The summed E-state index contributed by atoms with van der Waals surface area (Å²) in [6, 6.07) is 38.3. The van der Waals surface area contributed by atoms with Crippen LogP contribution in [0.4, 0.5) is 0 Å². The summed E-state index contributed by atoms with van der Waals surface area (Å²) < 4.78 is 0. The van der Waals surface area contributed by atoms with E-state index in [1.54, 1.807) is 23.3 Å². The van der Waals surface area contributed by atoms with Crippen molar-refractivity contribution in [1.82, 2.24) is 0 Å². The van der Waals surface area contributed by atoms with Crippen LogP contribution >= 0.6 is 0 Å². The SMILES string of the molecule is Cc1[cH-]c(C)c(C)c1C.[Cl-].[Cl-].[SiH2]=[Zr+2].[c-]1c2c(cc(-c3ccccc3)c1-c1ccccc1)-c1ccccc1C2. The van der Waals surface area contributed by atoms with E-state index in [2.05, 4.69) is 131 Å². The van der Waals surface area contributed by atoms with E-state index in [0.717, 1.165) is 6.42 Å². The second-order valence-electron chi connectivity index (χ2n) is 9.28. The van der Waals surface area contributed by atoms with E-state index in [-0.39, 0.29) is 24.8 Å². The largest absolute Gasteiger partial charge is 0.138 e. The first kappa shape index (κ1) is 32.1. The standard InChI is InChI=1S/C25H17.C9H13.2ClH.H2Si.Zr/c1-3-9-18(10-4-1)23-16-21-15-20-13-7-8-14-22(20)25(21)17-24(23)19-11-5-2-6-12-19;1-6-5-7(2)9(4)8(6)3;;;;/h1-14,17H,15H2;5H,1-4H3;2*1H;1H2;/q2*-1;;;;+2/p-2. The average Bonchev–Trinajstić information content (AvgIpc) is 3.41. The van der Waals surface area contributed by atoms with Gasteiger partial charge < -0.3 is 24.8 Å². The first-order valence-corrected chi connectivity index (χ1v) is 18.3. The van der Waals surface area contributed by atoms with Gasteiger partial charge in [-0.15, -0.1) is 28.8 Å². The van der Waals surface area contributed by atoms with E-state index in [0.29, 0.717) is 0 Å². The summed E-state index contributed by atoms with van der Waals surface area (Å²) in [4.78, 5) is 0. The number of aryl methyl sites for hydroxylation is 2. The van der Waals surface area contributed by atoms with Gasteiger partial charge in [0.25, 0.3) is 0 Å². The number of fused-ring (bicyclic) bond motifs is 3. The van der Waals surface area contributed by atoms with Crippen LogP contribution in [-0.4, -0.2) is 6.88 Å². The molecule has 0 fully saturated rings. The van der Waals surface area contributed by atoms with Crippen molar-refractivity contribution in [3.63, 3.8) is 0 Å². The Morgan fingerprint density at radius 3 is 1.66 bits per heavy atom. The second-order valence-corrected chi connectivity index (χ2v) is 9.28. The summed E-state index contributed by atoms with van der Waals surface area (Å²) in [7, 11) is 0. The van der Waals surface area contributed by atoms with Crippen molar-refractivity contribution in [2.75, 3.05) is 0 Å². The molecule has 0 spiro atoms. The molecule has 5 aromatic carbocycles. The van der Waals surface area contributed by atoms with E-state index in [1.165, 1.54) is 66.8 Å². The van der Waals surface area contributed by atoms with Crippen LogP contribution in [0.15, 0.2) is 97.1 Å². The first-order chi connectivity index (χ1) is 17.5. The minimum absolute atomic E-state index is 0. The van der Waals surface area contributed by atoms with E-state index in [9.17, 15) is 0 Å². The third kappa shape index (κ3) is 6.91. The van der Waals surface area contributed by atoms with Gasteiger partial charge in [-0.05, 0) is 12.0 Å². The van der Waals surface area contributed by atoms with Crippen LogP contribution in [0.5, 0.6) is 0 Å². The van der Waals surface area contributed by atoms with Gasteiger partial charge in [-0.1, -0.05) is 135 Å². The summed E-state index contributed by atoms with van der Waals surface area (Å²) in [6.07, 6.45) is 0.973. The maximum atomic E-state index is 3.76. The van der Waals surface area contributed by atoms with Crippen molar-refractivity contribution in [1.29, 1.82) is 0 Å². The summed E-state index contributed by atoms with van der Waals surface area (Å²) in [5.74, 6) is 0. The van der Waals surface area contributed by atoms with Crippen LogP contribution in [0, 0.1) is 33.8 Å². The summed E-state index contributed by atoms with van der Waals surface area (Å²) >= 11 is 1.58. The van der Waals surface area contributed by atoms with Gasteiger partial charge in [-0.3, -0.25) is 0 Å². The van der Waals surface area contributed by atoms with Crippen LogP contribution in [0.2, 0.25) is 0 Å². The molecule has 6 rings (SSSR count). The summed E-state index contributed by atoms with van der Waals surface area (Å²) in [5, 5.41) is 0. The predicted octanol–water partition coefficient (Wildman–Crippen LogP) is 2.12. The van der Waals surface area contributed by atoms with Crippen LogP contribution in [0.3, 0.4) is 0 Å². The van der Waals surface area contributed by atoms with Gasteiger partial charge in [0.15, 0.2) is 0 Å². The van der Waals surface area contributed by atoms with Gasteiger partial charge in [0.05, 0.1) is 0 Å². The van der Waals surface area contributed by atoms with E-state index < -0.39 is 0 Å². The van der Waals surface area contributed by atoms with Gasteiger partial charge in [0, 0.05) is 0 Å². The molecule has 0 saturated heterocycles. The molecule has 4 heteroatoms. The van der Waals surface area contributed by atoms with Crippen LogP contribution < -0.4 is 24.8 Å². The van der Waals surface area contributed by atoms with Crippen molar-refractivity contribution in [2.24, 2.45) is 0 Å². The van der Waals surface area contributed by atoms with E-state index in [1.807, 2.05) is 6.88 Å². The third-order valence-corrected chi connectivity index (χ3v) is 7.16. The second kappa shape index (κ2) is 14.9. The average molecular weight is 631 g/mol. The van der Waals surface area contributed by atoms with Gasteiger partial charge in [0.1, 0.15) is 0 Å². The van der Waals surface area contributed by atoms with Crippen LogP contribution in [-0.2, 0) is 29.8 Å². The van der Waals surface area contributed by atoms with Gasteiger partial charge in [-0.2, -0.15) is 28.3 Å². The molecule has 0 bridgehead atoms. The Balaban J connectivity index is 0.000000334. The quantitative estimate of drug-likeness (QED) is 0.203. The molecule has 0 radical (unpaired) electrons. The minimum Gasteiger partial charge on any atom is -0.138 e. The fourth-order valence-electron chi connectivity index (χ4n) is 4.91. The normalized spacial score (nSPS) is 10.4. The fourth-order valence-corrected chi connectivity index (χ4v) is 4.91. The zero-order valence-electron chi connectivity index (χ0n) is 22.4. The molecule has 0 unspecified atom stereocenters. The van der Waals surface area contributed by atoms with Gasteiger partial charge in [-0.25, -0.2) is 0 Å². The molecule has 0 atom stereocenters. The van der Waals surface area contributed by atoms with Crippen molar-refractivity contribution in [3.05, 3.63) is 137 Å². The Morgan fingerprint density at radius 1 is 0.632 bits per heavy atom. The molecular formula is C34H32Cl2SiZr-2. The predicted molar refractivity (Wildman–Crippen MR) is 154 cm³/mol. The number of rotatable bonds is 2. The molecule has 0 aliphatic heterocycles. The number of hydrogen-bond acceptors (Lipinski definition) is 0. The van der Waals surface area contributed by atoms with Crippen molar-refractivity contribution >= 4 is 6.88 Å². The van der Waals surface area contributed by atoms with Crippen molar-refractivity contribution < 1.29 is 48.1 Å². The summed E-state index contributed by atoms with van der Waals surface area (Å²) in [6.45, 7) is 10.6. The molecule has 0 amide bonds.